The summed E-state index contributed by atoms with van der Waals surface area (Å²) in [4.78, 5) is 11.5. The molecule has 2 rings (SSSR count). The van der Waals surface area contributed by atoms with Gasteiger partial charge in [0.25, 0.3) is 0 Å². The Morgan fingerprint density at radius 1 is 1.50 bits per heavy atom. The lowest BCUT2D eigenvalue weighted by atomic mass is 9.95. The highest BCUT2D eigenvalue weighted by Crippen LogP contribution is 2.20. The summed E-state index contributed by atoms with van der Waals surface area (Å²) < 4.78 is 5.36. The molecule has 1 heterocycles. The van der Waals surface area contributed by atoms with Crippen LogP contribution in [0.15, 0.2) is 0 Å². The summed E-state index contributed by atoms with van der Waals surface area (Å²) in [5.74, 6) is 0. The van der Waals surface area contributed by atoms with E-state index < -0.39 is 0 Å². The SMILES string of the molecule is CC1(NC(=O)NC2CC2)CCCOC1. The Morgan fingerprint density at radius 3 is 2.86 bits per heavy atom. The van der Waals surface area contributed by atoms with Crippen molar-refractivity contribution in [3.05, 3.63) is 0 Å². The van der Waals surface area contributed by atoms with E-state index >= 15 is 0 Å². The highest BCUT2D eigenvalue weighted by molar-refractivity contribution is 5.75. The van der Waals surface area contributed by atoms with Crippen LogP contribution in [0.3, 0.4) is 0 Å². The lowest BCUT2D eigenvalue weighted by Crippen LogP contribution is -2.54. The van der Waals surface area contributed by atoms with E-state index in [4.69, 9.17) is 4.74 Å². The molecule has 2 N–H and O–H groups in total. The van der Waals surface area contributed by atoms with Gasteiger partial charge in [0.1, 0.15) is 0 Å². The largest absolute Gasteiger partial charge is 0.379 e. The number of carbonyl (C=O) groups excluding carboxylic acids is 1. The molecule has 0 spiro atoms. The maximum absolute atomic E-state index is 11.5. The molecule has 0 aromatic rings. The van der Waals surface area contributed by atoms with Gasteiger partial charge in [-0.05, 0) is 32.6 Å². The van der Waals surface area contributed by atoms with Crippen LogP contribution < -0.4 is 10.6 Å². The van der Waals surface area contributed by atoms with Crippen LogP contribution in [0, 0.1) is 0 Å². The fraction of sp³-hybridized carbons (Fsp3) is 0.900. The van der Waals surface area contributed by atoms with Crippen molar-refractivity contribution in [2.24, 2.45) is 0 Å². The van der Waals surface area contributed by atoms with Gasteiger partial charge in [0.15, 0.2) is 0 Å². The summed E-state index contributed by atoms with van der Waals surface area (Å²) in [5.41, 5.74) is -0.169. The van der Waals surface area contributed by atoms with E-state index in [0.717, 1.165) is 32.3 Å². The minimum Gasteiger partial charge on any atom is -0.379 e. The molecule has 0 aromatic carbocycles. The smallest absolute Gasteiger partial charge is 0.315 e. The van der Waals surface area contributed by atoms with E-state index in [1.54, 1.807) is 0 Å². The molecule has 80 valence electrons. The van der Waals surface area contributed by atoms with Gasteiger partial charge in [0.05, 0.1) is 12.1 Å². The van der Waals surface area contributed by atoms with Crippen LogP contribution in [0.2, 0.25) is 0 Å². The first kappa shape index (κ1) is 9.77. The maximum atomic E-state index is 11.5. The number of rotatable bonds is 2. The molecular weight excluding hydrogens is 180 g/mol. The van der Waals surface area contributed by atoms with Crippen molar-refractivity contribution in [1.29, 1.82) is 0 Å². The predicted octanol–water partition coefficient (Wildman–Crippen LogP) is 1.02. The van der Waals surface area contributed by atoms with E-state index in [9.17, 15) is 4.79 Å². The second-order valence-electron chi connectivity index (χ2n) is 4.59. The first-order chi connectivity index (χ1) is 6.68. The molecule has 0 aromatic heterocycles. The van der Waals surface area contributed by atoms with E-state index in [0.29, 0.717) is 12.6 Å². The molecule has 4 heteroatoms. The molecular formula is C10H18N2O2. The van der Waals surface area contributed by atoms with Gasteiger partial charge in [0, 0.05) is 12.6 Å². The molecule has 0 radical (unpaired) electrons. The van der Waals surface area contributed by atoms with E-state index in [2.05, 4.69) is 10.6 Å². The second-order valence-corrected chi connectivity index (χ2v) is 4.59. The zero-order chi connectivity index (χ0) is 10.0. The Hall–Kier alpha value is -0.770. The minimum absolute atomic E-state index is 0.0412. The Morgan fingerprint density at radius 2 is 2.29 bits per heavy atom. The Labute approximate surface area is 84.4 Å². The van der Waals surface area contributed by atoms with Crippen LogP contribution in [-0.4, -0.2) is 30.8 Å². The van der Waals surface area contributed by atoms with Crippen molar-refractivity contribution in [2.75, 3.05) is 13.2 Å². The van der Waals surface area contributed by atoms with Gasteiger partial charge in [0.2, 0.25) is 0 Å². The van der Waals surface area contributed by atoms with Crippen molar-refractivity contribution in [3.8, 4) is 0 Å². The van der Waals surface area contributed by atoms with Crippen molar-refractivity contribution in [2.45, 2.75) is 44.2 Å². The molecule has 1 saturated carbocycles. The van der Waals surface area contributed by atoms with E-state index in [-0.39, 0.29) is 11.6 Å². The summed E-state index contributed by atoms with van der Waals surface area (Å²) in [5, 5.41) is 5.91. The topological polar surface area (TPSA) is 50.4 Å². The molecule has 0 bridgehead atoms. The average molecular weight is 198 g/mol. The van der Waals surface area contributed by atoms with Gasteiger partial charge >= 0.3 is 6.03 Å². The average Bonchev–Trinajstić information content (AvgIpc) is 2.88. The van der Waals surface area contributed by atoms with Crippen LogP contribution in [0.1, 0.15) is 32.6 Å². The third-order valence-electron chi connectivity index (χ3n) is 2.77. The highest BCUT2D eigenvalue weighted by atomic mass is 16.5. The first-order valence-corrected chi connectivity index (χ1v) is 5.34. The predicted molar refractivity (Wildman–Crippen MR) is 53.1 cm³/mol. The monoisotopic (exact) mass is 198 g/mol. The standard InChI is InChI=1S/C10H18N2O2/c1-10(5-2-6-14-7-10)12-9(13)11-8-3-4-8/h8H,2-7H2,1H3,(H2,11,12,13). The molecule has 1 aliphatic carbocycles. The molecule has 1 saturated heterocycles. The number of carbonyl (C=O) groups is 1. The Bertz CT molecular complexity index is 220. The maximum Gasteiger partial charge on any atom is 0.315 e. The van der Waals surface area contributed by atoms with Gasteiger partial charge in [-0.15, -0.1) is 0 Å². The number of urea groups is 1. The van der Waals surface area contributed by atoms with Crippen molar-refractivity contribution in [1.82, 2.24) is 10.6 Å². The fourth-order valence-electron chi connectivity index (χ4n) is 1.76. The zero-order valence-electron chi connectivity index (χ0n) is 8.64. The summed E-state index contributed by atoms with van der Waals surface area (Å²) in [6, 6.07) is 0.378. The van der Waals surface area contributed by atoms with Crippen LogP contribution >= 0.6 is 0 Å². The van der Waals surface area contributed by atoms with Gasteiger partial charge in [-0.1, -0.05) is 0 Å². The molecule has 1 aliphatic heterocycles. The lowest BCUT2D eigenvalue weighted by Gasteiger charge is -2.34. The summed E-state index contributed by atoms with van der Waals surface area (Å²) >= 11 is 0. The molecule has 2 amide bonds. The van der Waals surface area contributed by atoms with E-state index in [1.165, 1.54) is 0 Å². The normalized spacial score (nSPS) is 32.4. The molecule has 2 aliphatic rings. The van der Waals surface area contributed by atoms with Crippen LogP contribution in [0.25, 0.3) is 0 Å². The second kappa shape index (κ2) is 3.77. The molecule has 1 unspecified atom stereocenters. The summed E-state index contributed by atoms with van der Waals surface area (Å²) in [6.45, 7) is 3.49. The Kier molecular flexibility index (Phi) is 2.63. The lowest BCUT2D eigenvalue weighted by molar-refractivity contribution is 0.0333. The van der Waals surface area contributed by atoms with Crippen LogP contribution in [0.4, 0.5) is 4.79 Å². The summed E-state index contributed by atoms with van der Waals surface area (Å²) in [6.07, 6.45) is 4.28. The molecule has 14 heavy (non-hydrogen) atoms. The third kappa shape index (κ3) is 2.61. The summed E-state index contributed by atoms with van der Waals surface area (Å²) in [7, 11) is 0. The molecule has 1 atom stereocenters. The molecule has 2 fully saturated rings. The number of amides is 2. The minimum atomic E-state index is -0.169. The number of hydrogen-bond acceptors (Lipinski definition) is 2. The Balaban J connectivity index is 1.78. The number of hydrogen-bond donors (Lipinski definition) is 2. The van der Waals surface area contributed by atoms with Gasteiger partial charge in [-0.3, -0.25) is 0 Å². The quantitative estimate of drug-likeness (QED) is 0.696. The van der Waals surface area contributed by atoms with Gasteiger partial charge < -0.3 is 15.4 Å². The zero-order valence-corrected chi connectivity index (χ0v) is 8.64. The third-order valence-corrected chi connectivity index (χ3v) is 2.77. The van der Waals surface area contributed by atoms with Gasteiger partial charge in [-0.25, -0.2) is 4.79 Å². The van der Waals surface area contributed by atoms with Crippen LogP contribution in [-0.2, 0) is 4.74 Å². The van der Waals surface area contributed by atoms with Crippen LogP contribution in [0.5, 0.6) is 0 Å². The van der Waals surface area contributed by atoms with Crippen molar-refractivity contribution >= 4 is 6.03 Å². The number of ether oxygens (including phenoxy) is 1. The number of nitrogens with one attached hydrogen (secondary N) is 2. The van der Waals surface area contributed by atoms with Crippen molar-refractivity contribution < 1.29 is 9.53 Å². The van der Waals surface area contributed by atoms with E-state index in [1.807, 2.05) is 6.92 Å². The molecule has 4 nitrogen and oxygen atoms in total. The fourth-order valence-corrected chi connectivity index (χ4v) is 1.76. The van der Waals surface area contributed by atoms with Gasteiger partial charge in [-0.2, -0.15) is 0 Å². The first-order valence-electron chi connectivity index (χ1n) is 5.34. The van der Waals surface area contributed by atoms with Crippen molar-refractivity contribution in [3.63, 3.8) is 0 Å². The highest BCUT2D eigenvalue weighted by Gasteiger charge is 2.31.